The van der Waals surface area contributed by atoms with Crippen molar-refractivity contribution in [3.05, 3.63) is 125 Å². The van der Waals surface area contributed by atoms with E-state index in [2.05, 4.69) is 10.6 Å². The number of piperidine rings is 1. The van der Waals surface area contributed by atoms with E-state index in [-0.39, 0.29) is 41.5 Å². The predicted molar refractivity (Wildman–Crippen MR) is 196 cm³/mol. The number of nitrogens with one attached hydrogen (secondary N) is 3. The van der Waals surface area contributed by atoms with Crippen LogP contribution in [0, 0.1) is 11.3 Å². The number of nitrogen functional groups attached to an aromatic ring is 1. The molecule has 3 amide bonds. The van der Waals surface area contributed by atoms with Gasteiger partial charge in [0.25, 0.3) is 11.8 Å². The number of amidine groups is 1. The number of esters is 1. The number of likely N-dealkylation sites (tertiary alicyclic amines) is 1. The summed E-state index contributed by atoms with van der Waals surface area (Å²) in [6.07, 6.45) is 1.10. The minimum atomic E-state index is -0.645. The van der Waals surface area contributed by atoms with Crippen molar-refractivity contribution in [2.24, 2.45) is 11.7 Å². The maximum atomic E-state index is 13.7. The highest BCUT2D eigenvalue weighted by molar-refractivity contribution is 6.11. The average Bonchev–Trinajstić information content (AvgIpc) is 3.12. The largest absolute Gasteiger partial charge is 0.457 e. The number of amides is 3. The zero-order valence-electron chi connectivity index (χ0n) is 29.0. The molecule has 4 aromatic carbocycles. The lowest BCUT2D eigenvalue weighted by atomic mass is 9.93. The minimum absolute atomic E-state index is 0.0237. The Morgan fingerprint density at radius 3 is 2.10 bits per heavy atom. The van der Waals surface area contributed by atoms with Crippen LogP contribution in [0.4, 0.5) is 10.5 Å². The first kappa shape index (κ1) is 36.3. The molecule has 1 aliphatic rings. The molecule has 0 atom stereocenters. The van der Waals surface area contributed by atoms with E-state index in [1.165, 1.54) is 6.07 Å². The van der Waals surface area contributed by atoms with E-state index in [1.807, 2.05) is 51.1 Å². The molecule has 51 heavy (non-hydrogen) atoms. The van der Waals surface area contributed by atoms with Gasteiger partial charge in [0.05, 0.1) is 5.56 Å². The Bertz CT molecular complexity index is 1890. The molecule has 0 radical (unpaired) electrons. The third-order valence-electron chi connectivity index (χ3n) is 8.45. The van der Waals surface area contributed by atoms with E-state index in [9.17, 15) is 19.2 Å². The maximum Gasteiger partial charge on any atom is 0.410 e. The lowest BCUT2D eigenvalue weighted by Gasteiger charge is -2.33. The quantitative estimate of drug-likeness (QED) is 0.0825. The average molecular weight is 690 g/mol. The Balaban J connectivity index is 1.34. The van der Waals surface area contributed by atoms with Gasteiger partial charge in [-0.1, -0.05) is 54.6 Å². The van der Waals surface area contributed by atoms with Crippen LogP contribution >= 0.6 is 0 Å². The van der Waals surface area contributed by atoms with Gasteiger partial charge in [-0.05, 0) is 98.7 Å². The van der Waals surface area contributed by atoms with Crippen LogP contribution in [-0.2, 0) is 16.1 Å². The molecule has 4 aromatic rings. The van der Waals surface area contributed by atoms with Crippen molar-refractivity contribution >= 4 is 35.4 Å². The van der Waals surface area contributed by atoms with Crippen molar-refractivity contribution in [1.29, 1.82) is 5.41 Å². The molecule has 5 rings (SSSR count). The second-order valence-electron chi connectivity index (χ2n) is 13.4. The van der Waals surface area contributed by atoms with Crippen LogP contribution in [0.2, 0.25) is 0 Å². The van der Waals surface area contributed by atoms with Crippen LogP contribution in [0.15, 0.2) is 97.1 Å². The Labute approximate surface area is 297 Å². The van der Waals surface area contributed by atoms with Crippen molar-refractivity contribution < 1.29 is 28.7 Å². The topological polar surface area (TPSA) is 164 Å². The molecule has 0 bridgehead atoms. The highest BCUT2D eigenvalue weighted by Gasteiger charge is 2.27. The molecule has 5 N–H and O–H groups in total. The van der Waals surface area contributed by atoms with Gasteiger partial charge in [0.15, 0.2) is 0 Å². The molecule has 0 unspecified atom stereocenters. The smallest absolute Gasteiger partial charge is 0.410 e. The standard InChI is InChI=1S/C40H43N5O6/c1-40(2,3)51-39(49)45-21-19-26(20-22-45)24-43-36(46)29-15-18-32(34(23-29)38(48)50-25-27-9-5-4-6-10-27)31-11-7-8-12-33(31)37(47)44-30-16-13-28(14-17-30)35(41)42/h4-18,23,26H,19-22,24-25H2,1-3H3,(H3,41,42)(H,43,46)(H,44,47). The number of rotatable bonds is 10. The second-order valence-corrected chi connectivity index (χ2v) is 13.4. The van der Waals surface area contributed by atoms with Crippen molar-refractivity contribution in [2.75, 3.05) is 25.0 Å². The fraction of sp³-hybridized carbons (Fsp3) is 0.275. The lowest BCUT2D eigenvalue weighted by Crippen LogP contribution is -2.43. The number of carbonyl (C=O) groups excluding carboxylic acids is 4. The number of nitrogens with two attached hydrogens (primary N) is 1. The highest BCUT2D eigenvalue weighted by Crippen LogP contribution is 2.30. The molecule has 0 saturated carbocycles. The fourth-order valence-electron chi connectivity index (χ4n) is 5.72. The molecule has 264 valence electrons. The van der Waals surface area contributed by atoms with E-state index in [0.29, 0.717) is 47.6 Å². The first-order chi connectivity index (χ1) is 24.4. The minimum Gasteiger partial charge on any atom is -0.457 e. The molecule has 0 spiro atoms. The third kappa shape index (κ3) is 9.81. The number of hydrogen-bond acceptors (Lipinski definition) is 7. The summed E-state index contributed by atoms with van der Waals surface area (Å²) in [6.45, 7) is 7.02. The van der Waals surface area contributed by atoms with Gasteiger partial charge in [-0.15, -0.1) is 0 Å². The SMILES string of the molecule is CC(C)(C)OC(=O)N1CCC(CNC(=O)c2ccc(-c3ccccc3C(=O)Nc3ccc(C(=N)N)cc3)c(C(=O)OCc3ccccc3)c2)CC1. The van der Waals surface area contributed by atoms with E-state index < -0.39 is 17.5 Å². The molecule has 11 nitrogen and oxygen atoms in total. The number of ether oxygens (including phenoxy) is 2. The molecule has 1 aliphatic heterocycles. The van der Waals surface area contributed by atoms with Crippen molar-refractivity contribution in [2.45, 2.75) is 45.8 Å². The van der Waals surface area contributed by atoms with Gasteiger partial charge in [0, 0.05) is 42.0 Å². The number of hydrogen-bond donors (Lipinski definition) is 4. The zero-order valence-corrected chi connectivity index (χ0v) is 29.0. The Morgan fingerprint density at radius 2 is 1.43 bits per heavy atom. The molecule has 11 heteroatoms. The molecule has 1 heterocycles. The van der Waals surface area contributed by atoms with Crippen LogP contribution in [0.25, 0.3) is 11.1 Å². The predicted octanol–water partition coefficient (Wildman–Crippen LogP) is 6.62. The van der Waals surface area contributed by atoms with Crippen LogP contribution < -0.4 is 16.4 Å². The van der Waals surface area contributed by atoms with Gasteiger partial charge in [0.2, 0.25) is 0 Å². The number of nitrogens with zero attached hydrogens (tertiary/aromatic N) is 1. The monoisotopic (exact) mass is 689 g/mol. The van der Waals surface area contributed by atoms with Crippen LogP contribution in [0.5, 0.6) is 0 Å². The Kier molecular flexibility index (Phi) is 11.5. The Morgan fingerprint density at radius 1 is 0.804 bits per heavy atom. The van der Waals surface area contributed by atoms with Gasteiger partial charge in [0.1, 0.15) is 18.0 Å². The molecule has 0 aromatic heterocycles. The second kappa shape index (κ2) is 16.2. The number of benzene rings is 4. The van der Waals surface area contributed by atoms with Gasteiger partial charge in [-0.2, -0.15) is 0 Å². The van der Waals surface area contributed by atoms with Gasteiger partial charge >= 0.3 is 12.1 Å². The molecule has 0 aliphatic carbocycles. The third-order valence-corrected chi connectivity index (χ3v) is 8.45. The van der Waals surface area contributed by atoms with Crippen LogP contribution in [0.1, 0.15) is 75.8 Å². The van der Waals surface area contributed by atoms with Gasteiger partial charge < -0.3 is 30.7 Å². The summed E-state index contributed by atoms with van der Waals surface area (Å²) < 4.78 is 11.2. The van der Waals surface area contributed by atoms with E-state index in [0.717, 1.165) is 18.4 Å². The van der Waals surface area contributed by atoms with Gasteiger partial charge in [-0.3, -0.25) is 15.0 Å². The summed E-state index contributed by atoms with van der Waals surface area (Å²) in [6, 6.07) is 27.5. The zero-order chi connectivity index (χ0) is 36.5. The highest BCUT2D eigenvalue weighted by atomic mass is 16.6. The summed E-state index contributed by atoms with van der Waals surface area (Å²) in [4.78, 5) is 54.8. The summed E-state index contributed by atoms with van der Waals surface area (Å²) in [7, 11) is 0. The van der Waals surface area contributed by atoms with Crippen molar-refractivity contribution in [3.63, 3.8) is 0 Å². The van der Waals surface area contributed by atoms with Crippen molar-refractivity contribution in [1.82, 2.24) is 10.2 Å². The lowest BCUT2D eigenvalue weighted by molar-refractivity contribution is 0.0183. The van der Waals surface area contributed by atoms with E-state index in [1.54, 1.807) is 65.6 Å². The first-order valence-electron chi connectivity index (χ1n) is 16.8. The van der Waals surface area contributed by atoms with E-state index >= 15 is 0 Å². The molecular formula is C40H43N5O6. The summed E-state index contributed by atoms with van der Waals surface area (Å²) >= 11 is 0. The Hall–Kier alpha value is -5.97. The maximum absolute atomic E-state index is 13.7. The summed E-state index contributed by atoms with van der Waals surface area (Å²) in [5.41, 5.74) is 8.44. The van der Waals surface area contributed by atoms with Crippen molar-refractivity contribution in [3.8, 4) is 11.1 Å². The molecule has 1 fully saturated rings. The summed E-state index contributed by atoms with van der Waals surface area (Å²) in [5, 5.41) is 13.5. The van der Waals surface area contributed by atoms with Crippen LogP contribution in [-0.4, -0.2) is 59.8 Å². The van der Waals surface area contributed by atoms with Crippen LogP contribution in [0.3, 0.4) is 0 Å². The number of anilines is 1. The number of carbonyl (C=O) groups is 4. The molecular weight excluding hydrogens is 646 g/mol. The molecule has 1 saturated heterocycles. The summed E-state index contributed by atoms with van der Waals surface area (Å²) in [5.74, 6) is -1.32. The normalized spacial score (nSPS) is 13.2. The van der Waals surface area contributed by atoms with E-state index in [4.69, 9.17) is 20.6 Å². The first-order valence-corrected chi connectivity index (χ1v) is 16.8. The van der Waals surface area contributed by atoms with Gasteiger partial charge in [-0.25, -0.2) is 9.59 Å². The fourth-order valence-corrected chi connectivity index (χ4v) is 5.72.